The third-order valence-electron chi connectivity index (χ3n) is 5.01. The summed E-state index contributed by atoms with van der Waals surface area (Å²) in [6, 6.07) is 11.0. The van der Waals surface area contributed by atoms with Gasteiger partial charge in [0, 0.05) is 24.9 Å². The van der Waals surface area contributed by atoms with E-state index in [4.69, 9.17) is 4.98 Å². The van der Waals surface area contributed by atoms with E-state index >= 15 is 0 Å². The first-order valence-electron chi connectivity index (χ1n) is 9.36. The van der Waals surface area contributed by atoms with Crippen molar-refractivity contribution in [2.75, 3.05) is 6.54 Å². The van der Waals surface area contributed by atoms with Gasteiger partial charge in [0.1, 0.15) is 5.82 Å². The van der Waals surface area contributed by atoms with Crippen molar-refractivity contribution in [3.63, 3.8) is 0 Å². The summed E-state index contributed by atoms with van der Waals surface area (Å²) in [5.74, 6) is 2.22. The molecule has 0 spiro atoms. The first kappa shape index (κ1) is 16.9. The van der Waals surface area contributed by atoms with Crippen LogP contribution in [0.4, 0.5) is 0 Å². The van der Waals surface area contributed by atoms with Gasteiger partial charge in [-0.1, -0.05) is 44.2 Å². The Bertz CT molecular complexity index is 856. The zero-order valence-electron chi connectivity index (χ0n) is 15.4. The number of rotatable bonds is 5. The van der Waals surface area contributed by atoms with Crippen LogP contribution in [0.15, 0.2) is 55.1 Å². The lowest BCUT2D eigenvalue weighted by atomic mass is 10.1. The van der Waals surface area contributed by atoms with Crippen molar-refractivity contribution >= 4 is 0 Å². The molecule has 0 saturated carbocycles. The zero-order chi connectivity index (χ0) is 17.9. The van der Waals surface area contributed by atoms with Crippen LogP contribution < -0.4 is 0 Å². The first-order chi connectivity index (χ1) is 12.7. The van der Waals surface area contributed by atoms with Gasteiger partial charge in [-0.25, -0.2) is 9.97 Å². The Morgan fingerprint density at radius 1 is 1.15 bits per heavy atom. The van der Waals surface area contributed by atoms with E-state index in [9.17, 15) is 0 Å². The van der Waals surface area contributed by atoms with E-state index < -0.39 is 0 Å². The molecule has 5 heteroatoms. The number of nitrogens with zero attached hydrogens (tertiary/aromatic N) is 5. The van der Waals surface area contributed by atoms with E-state index in [0.29, 0.717) is 12.0 Å². The molecule has 1 aliphatic rings. The maximum absolute atomic E-state index is 4.95. The van der Waals surface area contributed by atoms with E-state index in [1.165, 1.54) is 12.0 Å². The van der Waals surface area contributed by atoms with Crippen molar-refractivity contribution in [3.8, 4) is 5.82 Å². The van der Waals surface area contributed by atoms with E-state index in [1.54, 1.807) is 0 Å². The summed E-state index contributed by atoms with van der Waals surface area (Å²) in [7, 11) is 0. The second-order valence-corrected chi connectivity index (χ2v) is 7.23. The van der Waals surface area contributed by atoms with Crippen molar-refractivity contribution in [2.45, 2.75) is 45.2 Å². The Balaban J connectivity index is 1.60. The van der Waals surface area contributed by atoms with Gasteiger partial charge in [0.25, 0.3) is 0 Å². The number of hydrogen-bond donors (Lipinski definition) is 0. The predicted octanol–water partition coefficient (Wildman–Crippen LogP) is 4.12. The molecule has 1 aromatic carbocycles. The maximum Gasteiger partial charge on any atom is 0.156 e. The number of benzene rings is 1. The third-order valence-corrected chi connectivity index (χ3v) is 5.01. The monoisotopic (exact) mass is 347 g/mol. The van der Waals surface area contributed by atoms with Crippen LogP contribution in [0.3, 0.4) is 0 Å². The van der Waals surface area contributed by atoms with Crippen LogP contribution in [-0.4, -0.2) is 31.0 Å². The summed E-state index contributed by atoms with van der Waals surface area (Å²) in [5, 5.41) is 0. The molecule has 0 amide bonds. The van der Waals surface area contributed by atoms with E-state index in [-0.39, 0.29) is 0 Å². The molecular formula is C21H25N5. The van der Waals surface area contributed by atoms with Gasteiger partial charge in [-0.15, -0.1) is 0 Å². The molecule has 134 valence electrons. The highest BCUT2D eigenvalue weighted by molar-refractivity contribution is 5.25. The smallest absolute Gasteiger partial charge is 0.156 e. The Kier molecular flexibility index (Phi) is 4.80. The second-order valence-electron chi connectivity index (χ2n) is 7.23. The molecule has 3 aromatic rings. The standard InChI is InChI=1S/C21H25N5/c1-16(2)21-23-10-12-26(21)20-14-22-13-18(24-20)19-9-6-11-25(19)15-17-7-4-3-5-8-17/h3-5,7-8,10,12-14,16,19H,6,9,11,15H2,1-2H3/t19-/m0/s1. The van der Waals surface area contributed by atoms with Gasteiger partial charge in [-0.05, 0) is 24.9 Å². The summed E-state index contributed by atoms with van der Waals surface area (Å²) in [6.07, 6.45) is 9.88. The van der Waals surface area contributed by atoms with Crippen LogP contribution in [0, 0.1) is 0 Å². The number of likely N-dealkylation sites (tertiary alicyclic amines) is 1. The normalized spacial score (nSPS) is 17.9. The molecule has 1 saturated heterocycles. The highest BCUT2D eigenvalue weighted by Gasteiger charge is 2.27. The first-order valence-corrected chi connectivity index (χ1v) is 9.36. The fourth-order valence-corrected chi connectivity index (χ4v) is 3.75. The minimum absolute atomic E-state index is 0.327. The molecule has 5 nitrogen and oxygen atoms in total. The van der Waals surface area contributed by atoms with Gasteiger partial charge in [0.15, 0.2) is 5.82 Å². The molecule has 26 heavy (non-hydrogen) atoms. The fourth-order valence-electron chi connectivity index (χ4n) is 3.75. The molecule has 0 unspecified atom stereocenters. The van der Waals surface area contributed by atoms with Crippen molar-refractivity contribution < 1.29 is 0 Å². The quantitative estimate of drug-likeness (QED) is 0.696. The van der Waals surface area contributed by atoms with Crippen LogP contribution in [0.1, 0.15) is 55.7 Å². The molecule has 1 fully saturated rings. The predicted molar refractivity (Wildman–Crippen MR) is 102 cm³/mol. The molecular weight excluding hydrogens is 322 g/mol. The molecule has 0 bridgehead atoms. The van der Waals surface area contributed by atoms with Gasteiger partial charge in [0.05, 0.1) is 24.1 Å². The Hall–Kier alpha value is -2.53. The lowest BCUT2D eigenvalue weighted by molar-refractivity contribution is 0.244. The SMILES string of the molecule is CC(C)c1nccn1-c1cncc([C@@H]2CCCN2Cc2ccccc2)n1. The van der Waals surface area contributed by atoms with Gasteiger partial charge in [-0.3, -0.25) is 14.5 Å². The fraction of sp³-hybridized carbons (Fsp3) is 0.381. The second kappa shape index (κ2) is 7.38. The van der Waals surface area contributed by atoms with Gasteiger partial charge in [0.2, 0.25) is 0 Å². The summed E-state index contributed by atoms with van der Waals surface area (Å²) in [4.78, 5) is 16.4. The summed E-state index contributed by atoms with van der Waals surface area (Å²) in [5.41, 5.74) is 2.40. The molecule has 1 atom stereocenters. The van der Waals surface area contributed by atoms with Gasteiger partial charge < -0.3 is 0 Å². The van der Waals surface area contributed by atoms with Crippen LogP contribution in [0.25, 0.3) is 5.82 Å². The van der Waals surface area contributed by atoms with E-state index in [0.717, 1.165) is 36.8 Å². The highest BCUT2D eigenvalue weighted by atomic mass is 15.2. The van der Waals surface area contributed by atoms with Crippen LogP contribution >= 0.6 is 0 Å². The van der Waals surface area contributed by atoms with Gasteiger partial charge in [-0.2, -0.15) is 0 Å². The van der Waals surface area contributed by atoms with Gasteiger partial charge >= 0.3 is 0 Å². The average Bonchev–Trinajstić information content (AvgIpc) is 3.32. The molecule has 0 radical (unpaired) electrons. The summed E-state index contributed by atoms with van der Waals surface area (Å²) in [6.45, 7) is 6.36. The Labute approximate surface area is 154 Å². The number of aromatic nitrogens is 4. The van der Waals surface area contributed by atoms with Crippen LogP contribution in [0.2, 0.25) is 0 Å². The van der Waals surface area contributed by atoms with Crippen molar-refractivity contribution in [1.29, 1.82) is 0 Å². The molecule has 2 aromatic heterocycles. The van der Waals surface area contributed by atoms with Crippen molar-refractivity contribution in [1.82, 2.24) is 24.4 Å². The zero-order valence-corrected chi connectivity index (χ0v) is 15.4. The Morgan fingerprint density at radius 2 is 2.00 bits per heavy atom. The lowest BCUT2D eigenvalue weighted by Gasteiger charge is -2.24. The van der Waals surface area contributed by atoms with E-state index in [2.05, 4.69) is 63.6 Å². The molecule has 0 aliphatic carbocycles. The summed E-state index contributed by atoms with van der Waals surface area (Å²) < 4.78 is 2.05. The topological polar surface area (TPSA) is 46.8 Å². The third kappa shape index (κ3) is 3.40. The number of hydrogen-bond acceptors (Lipinski definition) is 4. The molecule has 3 heterocycles. The van der Waals surface area contributed by atoms with Crippen LogP contribution in [-0.2, 0) is 6.54 Å². The van der Waals surface area contributed by atoms with Crippen LogP contribution in [0.5, 0.6) is 0 Å². The van der Waals surface area contributed by atoms with E-state index in [1.807, 2.05) is 24.8 Å². The molecule has 1 aliphatic heterocycles. The Morgan fingerprint density at radius 3 is 2.81 bits per heavy atom. The molecule has 0 N–H and O–H groups in total. The largest absolute Gasteiger partial charge is 0.290 e. The number of imidazole rings is 1. The lowest BCUT2D eigenvalue weighted by Crippen LogP contribution is -2.24. The van der Waals surface area contributed by atoms with Crippen molar-refractivity contribution in [2.24, 2.45) is 0 Å². The minimum Gasteiger partial charge on any atom is -0.290 e. The van der Waals surface area contributed by atoms with Crippen molar-refractivity contribution in [3.05, 3.63) is 72.2 Å². The maximum atomic E-state index is 4.95. The minimum atomic E-state index is 0.327. The average molecular weight is 347 g/mol. The summed E-state index contributed by atoms with van der Waals surface area (Å²) >= 11 is 0. The highest BCUT2D eigenvalue weighted by Crippen LogP contribution is 2.32. The molecule has 4 rings (SSSR count).